The Morgan fingerprint density at radius 1 is 1.07 bits per heavy atom. The van der Waals surface area contributed by atoms with Crippen molar-refractivity contribution < 1.29 is 14.3 Å². The lowest BCUT2D eigenvalue weighted by Gasteiger charge is -2.37. The van der Waals surface area contributed by atoms with E-state index in [4.69, 9.17) is 9.47 Å². The number of carbonyl (C=O) groups excluding carboxylic acids is 1. The van der Waals surface area contributed by atoms with E-state index in [0.29, 0.717) is 12.5 Å². The summed E-state index contributed by atoms with van der Waals surface area (Å²) in [5, 5.41) is 3.55. The second-order valence-electron chi connectivity index (χ2n) is 7.99. The first kappa shape index (κ1) is 20.2. The summed E-state index contributed by atoms with van der Waals surface area (Å²) in [7, 11) is 1.83. The molecule has 1 aromatic rings. The molecule has 158 valence electrons. The molecule has 0 aliphatic carbocycles. The Hall–Kier alpha value is -2.12. The third-order valence-corrected chi connectivity index (χ3v) is 6.17. The van der Waals surface area contributed by atoms with Crippen LogP contribution in [0.2, 0.25) is 0 Å². The molecule has 3 saturated heterocycles. The molecule has 0 radical (unpaired) electrons. The van der Waals surface area contributed by atoms with Crippen molar-refractivity contribution in [3.05, 3.63) is 35.9 Å². The molecule has 7 nitrogen and oxygen atoms in total. The number of ether oxygens (including phenoxy) is 2. The molecular weight excluding hydrogens is 368 g/mol. The topological polar surface area (TPSA) is 66.4 Å². The van der Waals surface area contributed by atoms with Crippen molar-refractivity contribution in [2.24, 2.45) is 10.9 Å². The summed E-state index contributed by atoms with van der Waals surface area (Å²) in [5.41, 5.74) is 1.24. The molecule has 29 heavy (non-hydrogen) atoms. The molecule has 1 aromatic carbocycles. The predicted molar refractivity (Wildman–Crippen MR) is 112 cm³/mol. The number of benzene rings is 1. The van der Waals surface area contributed by atoms with Gasteiger partial charge in [-0.3, -0.25) is 9.79 Å². The van der Waals surface area contributed by atoms with Crippen molar-refractivity contribution in [2.45, 2.75) is 31.5 Å². The Morgan fingerprint density at radius 3 is 2.52 bits per heavy atom. The molecule has 0 aromatic heterocycles. The molecule has 7 heteroatoms. The van der Waals surface area contributed by atoms with Gasteiger partial charge in [0.25, 0.3) is 5.91 Å². The Kier molecular flexibility index (Phi) is 6.67. The summed E-state index contributed by atoms with van der Waals surface area (Å²) < 4.78 is 11.6. The van der Waals surface area contributed by atoms with E-state index in [1.807, 2.05) is 18.0 Å². The van der Waals surface area contributed by atoms with Crippen molar-refractivity contribution in [3.8, 4) is 0 Å². The van der Waals surface area contributed by atoms with Gasteiger partial charge in [0.05, 0.1) is 6.10 Å². The number of nitrogens with zero attached hydrogens (tertiary/aromatic N) is 3. The molecule has 3 aliphatic heterocycles. The zero-order valence-electron chi connectivity index (χ0n) is 17.3. The van der Waals surface area contributed by atoms with Gasteiger partial charge in [0.2, 0.25) is 0 Å². The van der Waals surface area contributed by atoms with Gasteiger partial charge >= 0.3 is 0 Å². The van der Waals surface area contributed by atoms with Crippen LogP contribution >= 0.6 is 0 Å². The Labute approximate surface area is 173 Å². The minimum Gasteiger partial charge on any atom is -0.373 e. The van der Waals surface area contributed by atoms with Crippen LogP contribution in [0.15, 0.2) is 35.3 Å². The molecule has 1 amide bonds. The summed E-state index contributed by atoms with van der Waals surface area (Å²) in [4.78, 5) is 21.2. The molecule has 0 spiro atoms. The van der Waals surface area contributed by atoms with E-state index in [0.717, 1.165) is 64.6 Å². The van der Waals surface area contributed by atoms with Gasteiger partial charge in [-0.25, -0.2) is 0 Å². The van der Waals surface area contributed by atoms with Gasteiger partial charge in [-0.2, -0.15) is 0 Å². The van der Waals surface area contributed by atoms with Crippen LogP contribution in [0.5, 0.6) is 0 Å². The van der Waals surface area contributed by atoms with Crippen molar-refractivity contribution >= 4 is 11.9 Å². The van der Waals surface area contributed by atoms with Crippen molar-refractivity contribution in [2.75, 3.05) is 53.0 Å². The van der Waals surface area contributed by atoms with Crippen molar-refractivity contribution in [1.29, 1.82) is 0 Å². The standard InChI is InChI=1S/C22H32N4O3/c1-23-22(24-16-18-9-15-29-20(18)17-6-3-2-4-7-17)26-12-10-25(11-13-26)21(27)19-8-5-14-28-19/h2-4,6-7,18-20H,5,8-16H2,1H3,(H,23,24). The van der Waals surface area contributed by atoms with E-state index in [1.165, 1.54) is 5.56 Å². The SMILES string of the molecule is CN=C(NCC1CCOC1c1ccccc1)N1CCN(C(=O)C2CCCO2)CC1. The fourth-order valence-corrected chi connectivity index (χ4v) is 4.52. The molecule has 0 saturated carbocycles. The zero-order chi connectivity index (χ0) is 20.1. The van der Waals surface area contributed by atoms with Gasteiger partial charge in [0.15, 0.2) is 5.96 Å². The van der Waals surface area contributed by atoms with E-state index >= 15 is 0 Å². The van der Waals surface area contributed by atoms with Crippen LogP contribution in [0.3, 0.4) is 0 Å². The molecule has 3 fully saturated rings. The first-order chi connectivity index (χ1) is 14.3. The molecule has 3 atom stereocenters. The highest BCUT2D eigenvalue weighted by Gasteiger charge is 2.32. The van der Waals surface area contributed by atoms with E-state index in [2.05, 4.69) is 39.5 Å². The van der Waals surface area contributed by atoms with Crippen LogP contribution in [-0.2, 0) is 14.3 Å². The summed E-state index contributed by atoms with van der Waals surface area (Å²) in [5.74, 6) is 1.49. The second-order valence-corrected chi connectivity index (χ2v) is 7.99. The first-order valence-corrected chi connectivity index (χ1v) is 10.8. The Bertz CT molecular complexity index is 697. The van der Waals surface area contributed by atoms with Crippen LogP contribution in [0.25, 0.3) is 0 Å². The number of hydrogen-bond donors (Lipinski definition) is 1. The minimum absolute atomic E-state index is 0.141. The summed E-state index contributed by atoms with van der Waals surface area (Å²) >= 11 is 0. The van der Waals surface area contributed by atoms with Gasteiger partial charge in [-0.1, -0.05) is 30.3 Å². The predicted octanol–water partition coefficient (Wildman–Crippen LogP) is 1.66. The lowest BCUT2D eigenvalue weighted by Crippen LogP contribution is -2.55. The third-order valence-electron chi connectivity index (χ3n) is 6.17. The summed E-state index contributed by atoms with van der Waals surface area (Å²) in [6.45, 7) is 5.37. The number of piperazine rings is 1. The van der Waals surface area contributed by atoms with E-state index in [1.54, 1.807) is 0 Å². The van der Waals surface area contributed by atoms with E-state index in [-0.39, 0.29) is 18.1 Å². The molecule has 4 rings (SSSR count). The van der Waals surface area contributed by atoms with Gasteiger partial charge in [-0.05, 0) is 24.8 Å². The van der Waals surface area contributed by atoms with Gasteiger partial charge in [-0.15, -0.1) is 0 Å². The zero-order valence-corrected chi connectivity index (χ0v) is 17.3. The van der Waals surface area contributed by atoms with Gasteiger partial charge < -0.3 is 24.6 Å². The van der Waals surface area contributed by atoms with E-state index < -0.39 is 0 Å². The number of guanidine groups is 1. The monoisotopic (exact) mass is 400 g/mol. The Morgan fingerprint density at radius 2 is 1.83 bits per heavy atom. The molecule has 3 heterocycles. The van der Waals surface area contributed by atoms with Crippen molar-refractivity contribution in [1.82, 2.24) is 15.1 Å². The number of amides is 1. The number of rotatable bonds is 4. The minimum atomic E-state index is -0.226. The highest BCUT2D eigenvalue weighted by Crippen LogP contribution is 2.33. The van der Waals surface area contributed by atoms with E-state index in [9.17, 15) is 4.79 Å². The number of aliphatic imine (C=N–C) groups is 1. The van der Waals surface area contributed by atoms with Crippen LogP contribution in [0, 0.1) is 5.92 Å². The third kappa shape index (κ3) is 4.73. The van der Waals surface area contributed by atoms with Crippen LogP contribution in [-0.4, -0.2) is 80.8 Å². The van der Waals surface area contributed by atoms with Crippen LogP contribution < -0.4 is 5.32 Å². The molecule has 3 aliphatic rings. The van der Waals surface area contributed by atoms with Crippen LogP contribution in [0.4, 0.5) is 0 Å². The quantitative estimate of drug-likeness (QED) is 0.615. The smallest absolute Gasteiger partial charge is 0.251 e. The molecular formula is C22H32N4O3. The highest BCUT2D eigenvalue weighted by molar-refractivity contribution is 5.82. The maximum Gasteiger partial charge on any atom is 0.251 e. The lowest BCUT2D eigenvalue weighted by atomic mass is 9.95. The fraction of sp³-hybridized carbons (Fsp3) is 0.636. The molecule has 3 unspecified atom stereocenters. The number of carbonyl (C=O) groups is 1. The number of nitrogens with one attached hydrogen (secondary N) is 1. The van der Waals surface area contributed by atoms with Crippen molar-refractivity contribution in [3.63, 3.8) is 0 Å². The first-order valence-electron chi connectivity index (χ1n) is 10.8. The second kappa shape index (κ2) is 9.59. The number of hydrogen-bond acceptors (Lipinski definition) is 4. The van der Waals surface area contributed by atoms with Gasteiger partial charge in [0.1, 0.15) is 6.10 Å². The lowest BCUT2D eigenvalue weighted by molar-refractivity contribution is -0.142. The molecule has 1 N–H and O–H groups in total. The fourth-order valence-electron chi connectivity index (χ4n) is 4.52. The average Bonchev–Trinajstić information content (AvgIpc) is 3.47. The normalized spacial score (nSPS) is 28.0. The molecule has 0 bridgehead atoms. The largest absolute Gasteiger partial charge is 0.373 e. The average molecular weight is 401 g/mol. The maximum atomic E-state index is 12.5. The van der Waals surface area contributed by atoms with Gasteiger partial charge in [0, 0.05) is 58.9 Å². The maximum absolute atomic E-state index is 12.5. The summed E-state index contributed by atoms with van der Waals surface area (Å²) in [6, 6.07) is 10.5. The van der Waals surface area contributed by atoms with Crippen LogP contribution in [0.1, 0.15) is 30.9 Å². The summed E-state index contributed by atoms with van der Waals surface area (Å²) in [6.07, 6.45) is 2.81. The highest BCUT2D eigenvalue weighted by atomic mass is 16.5. The Balaban J connectivity index is 1.27.